The number of anilines is 1. The summed E-state index contributed by atoms with van der Waals surface area (Å²) in [7, 11) is 3.43. The average molecular weight is 249 g/mol. The van der Waals surface area contributed by atoms with Crippen LogP contribution in [-0.2, 0) is 0 Å². The van der Waals surface area contributed by atoms with E-state index in [2.05, 4.69) is 9.88 Å². The number of hydrogen-bond acceptors (Lipinski definition) is 4. The second-order valence-corrected chi connectivity index (χ2v) is 4.88. The van der Waals surface area contributed by atoms with Crippen molar-refractivity contribution in [2.24, 2.45) is 5.92 Å². The van der Waals surface area contributed by atoms with Gasteiger partial charge in [-0.25, -0.2) is 0 Å². The van der Waals surface area contributed by atoms with Gasteiger partial charge in [0.05, 0.1) is 0 Å². The Balaban J connectivity index is 2.15. The van der Waals surface area contributed by atoms with Crippen molar-refractivity contribution >= 4 is 11.6 Å². The smallest absolute Gasteiger partial charge is 0.272 e. The minimum atomic E-state index is -0.0882. The molecule has 1 aliphatic heterocycles. The number of nitrogens with zero attached hydrogens (tertiary/aromatic N) is 3. The molecule has 0 aromatic carbocycles. The predicted octanol–water partition coefficient (Wildman–Crippen LogP) is 0.602. The van der Waals surface area contributed by atoms with E-state index in [4.69, 9.17) is 5.11 Å². The fraction of sp³-hybridized carbons (Fsp3) is 0.538. The van der Waals surface area contributed by atoms with Crippen molar-refractivity contribution in [1.82, 2.24) is 9.88 Å². The van der Waals surface area contributed by atoms with Crippen molar-refractivity contribution in [2.45, 2.75) is 6.42 Å². The van der Waals surface area contributed by atoms with Crippen molar-refractivity contribution in [3.05, 3.63) is 24.0 Å². The summed E-state index contributed by atoms with van der Waals surface area (Å²) in [6, 6.07) is 3.73. The highest BCUT2D eigenvalue weighted by Crippen LogP contribution is 2.23. The molecule has 1 unspecified atom stereocenters. The number of aliphatic hydroxyl groups is 1. The molecule has 0 aliphatic carbocycles. The van der Waals surface area contributed by atoms with Gasteiger partial charge in [-0.05, 0) is 18.6 Å². The minimum Gasteiger partial charge on any atom is -0.396 e. The lowest BCUT2D eigenvalue weighted by atomic mass is 10.1. The third-order valence-electron chi connectivity index (χ3n) is 3.28. The van der Waals surface area contributed by atoms with Crippen LogP contribution in [0.1, 0.15) is 16.9 Å². The van der Waals surface area contributed by atoms with Crippen LogP contribution in [0.5, 0.6) is 0 Å². The first-order valence-corrected chi connectivity index (χ1v) is 6.15. The Bertz CT molecular complexity index is 434. The van der Waals surface area contributed by atoms with E-state index in [1.165, 1.54) is 4.90 Å². The van der Waals surface area contributed by atoms with Crippen molar-refractivity contribution in [1.29, 1.82) is 0 Å². The Kier molecular flexibility index (Phi) is 3.81. The third kappa shape index (κ3) is 2.61. The molecule has 5 heteroatoms. The zero-order valence-electron chi connectivity index (χ0n) is 10.8. The molecule has 2 rings (SSSR count). The van der Waals surface area contributed by atoms with E-state index in [1.807, 2.05) is 12.1 Å². The molecule has 1 aromatic heterocycles. The molecular formula is C13H19N3O2. The van der Waals surface area contributed by atoms with Crippen LogP contribution in [0.4, 0.5) is 5.69 Å². The maximum absolute atomic E-state index is 11.8. The predicted molar refractivity (Wildman–Crippen MR) is 69.7 cm³/mol. The van der Waals surface area contributed by atoms with Gasteiger partial charge in [0.15, 0.2) is 0 Å². The Hall–Kier alpha value is -1.62. The van der Waals surface area contributed by atoms with E-state index in [9.17, 15) is 4.79 Å². The molecule has 98 valence electrons. The van der Waals surface area contributed by atoms with Gasteiger partial charge in [0.2, 0.25) is 0 Å². The summed E-state index contributed by atoms with van der Waals surface area (Å²) in [6.45, 7) is 1.99. The highest BCUT2D eigenvalue weighted by molar-refractivity contribution is 5.92. The summed E-state index contributed by atoms with van der Waals surface area (Å²) in [5, 5.41) is 9.15. The van der Waals surface area contributed by atoms with Gasteiger partial charge >= 0.3 is 0 Å². The van der Waals surface area contributed by atoms with Gasteiger partial charge in [-0.1, -0.05) is 0 Å². The van der Waals surface area contributed by atoms with Crippen LogP contribution in [0.3, 0.4) is 0 Å². The van der Waals surface area contributed by atoms with Crippen LogP contribution in [-0.4, -0.2) is 54.7 Å². The number of carbonyl (C=O) groups excluding carboxylic acids is 1. The first kappa shape index (κ1) is 12.8. The summed E-state index contributed by atoms with van der Waals surface area (Å²) >= 11 is 0. The van der Waals surface area contributed by atoms with Crippen LogP contribution >= 0.6 is 0 Å². The van der Waals surface area contributed by atoms with E-state index >= 15 is 0 Å². The SMILES string of the molecule is CN(C)C(=O)c1cc(N2CCC(CO)C2)ccn1. The molecule has 5 nitrogen and oxygen atoms in total. The number of carbonyl (C=O) groups is 1. The monoisotopic (exact) mass is 249 g/mol. The largest absolute Gasteiger partial charge is 0.396 e. The molecule has 2 heterocycles. The number of rotatable bonds is 3. The Morgan fingerprint density at radius 1 is 1.61 bits per heavy atom. The van der Waals surface area contributed by atoms with Crippen LogP contribution < -0.4 is 4.90 Å². The fourth-order valence-corrected chi connectivity index (χ4v) is 2.18. The van der Waals surface area contributed by atoms with E-state index < -0.39 is 0 Å². The summed E-state index contributed by atoms with van der Waals surface area (Å²) in [5.74, 6) is 0.251. The van der Waals surface area contributed by atoms with Gasteiger partial charge in [-0.2, -0.15) is 0 Å². The van der Waals surface area contributed by atoms with E-state index in [0.717, 1.165) is 25.2 Å². The number of pyridine rings is 1. The number of amides is 1. The van der Waals surface area contributed by atoms with Gasteiger partial charge in [-0.3, -0.25) is 9.78 Å². The quantitative estimate of drug-likeness (QED) is 0.852. The third-order valence-corrected chi connectivity index (χ3v) is 3.28. The summed E-state index contributed by atoms with van der Waals surface area (Å²) < 4.78 is 0. The normalized spacial score (nSPS) is 19.1. The van der Waals surface area contributed by atoms with Crippen molar-refractivity contribution in [3.63, 3.8) is 0 Å². The number of aromatic nitrogens is 1. The first-order chi connectivity index (χ1) is 8.61. The van der Waals surface area contributed by atoms with Crippen LogP contribution in [0.25, 0.3) is 0 Å². The number of hydrogen-bond donors (Lipinski definition) is 1. The standard InChI is InChI=1S/C13H19N3O2/c1-15(2)13(18)12-7-11(3-5-14-12)16-6-4-10(8-16)9-17/h3,5,7,10,17H,4,6,8-9H2,1-2H3. The lowest BCUT2D eigenvalue weighted by Crippen LogP contribution is -2.24. The minimum absolute atomic E-state index is 0.0882. The lowest BCUT2D eigenvalue weighted by molar-refractivity contribution is 0.0822. The average Bonchev–Trinajstić information content (AvgIpc) is 2.86. The maximum atomic E-state index is 11.8. The van der Waals surface area contributed by atoms with Gasteiger partial charge in [0.1, 0.15) is 5.69 Å². The Morgan fingerprint density at radius 2 is 2.39 bits per heavy atom. The lowest BCUT2D eigenvalue weighted by Gasteiger charge is -2.19. The second kappa shape index (κ2) is 5.35. The molecule has 1 aliphatic rings. The molecule has 1 N–H and O–H groups in total. The van der Waals surface area contributed by atoms with Gasteiger partial charge in [-0.15, -0.1) is 0 Å². The molecule has 1 aromatic rings. The van der Waals surface area contributed by atoms with Crippen molar-refractivity contribution in [2.75, 3.05) is 38.7 Å². The maximum Gasteiger partial charge on any atom is 0.272 e. The van der Waals surface area contributed by atoms with Crippen LogP contribution in [0, 0.1) is 5.92 Å². The van der Waals surface area contributed by atoms with Crippen LogP contribution in [0.2, 0.25) is 0 Å². The van der Waals surface area contributed by atoms with Gasteiger partial charge in [0, 0.05) is 51.6 Å². The van der Waals surface area contributed by atoms with Crippen molar-refractivity contribution in [3.8, 4) is 0 Å². The molecule has 1 amide bonds. The molecule has 18 heavy (non-hydrogen) atoms. The fourth-order valence-electron chi connectivity index (χ4n) is 2.18. The molecule has 0 saturated carbocycles. The van der Waals surface area contributed by atoms with Crippen LogP contribution in [0.15, 0.2) is 18.3 Å². The molecular weight excluding hydrogens is 230 g/mol. The van der Waals surface area contributed by atoms with E-state index in [1.54, 1.807) is 20.3 Å². The van der Waals surface area contributed by atoms with Gasteiger partial charge < -0.3 is 14.9 Å². The molecule has 1 fully saturated rings. The van der Waals surface area contributed by atoms with Crippen molar-refractivity contribution < 1.29 is 9.90 Å². The second-order valence-electron chi connectivity index (χ2n) is 4.88. The summed E-state index contributed by atoms with van der Waals surface area (Å²) in [6.07, 6.45) is 2.66. The van der Waals surface area contributed by atoms with Gasteiger partial charge in [0.25, 0.3) is 5.91 Å². The van der Waals surface area contributed by atoms with E-state index in [-0.39, 0.29) is 12.5 Å². The highest BCUT2D eigenvalue weighted by Gasteiger charge is 2.22. The number of aliphatic hydroxyl groups excluding tert-OH is 1. The first-order valence-electron chi connectivity index (χ1n) is 6.15. The van der Waals surface area contributed by atoms with E-state index in [0.29, 0.717) is 11.6 Å². The summed E-state index contributed by atoms with van der Waals surface area (Å²) in [5.41, 5.74) is 1.47. The zero-order valence-corrected chi connectivity index (χ0v) is 10.8. The Labute approximate surface area is 107 Å². The molecule has 0 radical (unpaired) electrons. The topological polar surface area (TPSA) is 56.7 Å². The molecule has 0 spiro atoms. The molecule has 1 atom stereocenters. The molecule has 0 bridgehead atoms. The Morgan fingerprint density at radius 3 is 3.00 bits per heavy atom. The highest BCUT2D eigenvalue weighted by atomic mass is 16.3. The molecule has 1 saturated heterocycles. The summed E-state index contributed by atoms with van der Waals surface area (Å²) in [4.78, 5) is 19.7. The zero-order chi connectivity index (χ0) is 13.1.